The summed E-state index contributed by atoms with van der Waals surface area (Å²) in [6.07, 6.45) is 1.00. The van der Waals surface area contributed by atoms with Crippen molar-refractivity contribution in [2.45, 2.75) is 19.5 Å². The molecule has 0 amide bonds. The van der Waals surface area contributed by atoms with Crippen LogP contribution < -0.4 is 4.74 Å². The van der Waals surface area contributed by atoms with Gasteiger partial charge in [-0.25, -0.2) is 4.39 Å². The predicted octanol–water partition coefficient (Wildman–Crippen LogP) is 3.39. The molecule has 0 unspecified atom stereocenters. The minimum absolute atomic E-state index is 0.185. The van der Waals surface area contributed by atoms with E-state index in [1.807, 2.05) is 12.1 Å². The maximum atomic E-state index is 12.9. The molecule has 0 aromatic heterocycles. The van der Waals surface area contributed by atoms with Crippen LogP contribution in [0.1, 0.15) is 16.7 Å². The Labute approximate surface area is 118 Å². The highest BCUT2D eigenvalue weighted by Gasteiger charge is 2.12. The molecule has 104 valence electrons. The lowest BCUT2D eigenvalue weighted by molar-refractivity contribution is 0.318. The first-order chi connectivity index (χ1) is 9.70. The quantitative estimate of drug-likeness (QED) is 0.845. The lowest BCUT2D eigenvalue weighted by atomic mass is 10.1. The van der Waals surface area contributed by atoms with Crippen LogP contribution in [0.2, 0.25) is 0 Å². The van der Waals surface area contributed by atoms with Crippen LogP contribution in [0.5, 0.6) is 5.75 Å². The second-order valence-electron chi connectivity index (χ2n) is 5.34. The predicted molar refractivity (Wildman–Crippen MR) is 77.2 cm³/mol. The van der Waals surface area contributed by atoms with Crippen molar-refractivity contribution >= 4 is 0 Å². The van der Waals surface area contributed by atoms with Gasteiger partial charge in [0.25, 0.3) is 0 Å². The zero-order valence-corrected chi connectivity index (χ0v) is 11.6. The molecule has 3 heteroatoms. The van der Waals surface area contributed by atoms with E-state index >= 15 is 0 Å². The van der Waals surface area contributed by atoms with Crippen molar-refractivity contribution in [2.24, 2.45) is 0 Å². The van der Waals surface area contributed by atoms with Crippen LogP contribution in [-0.4, -0.2) is 18.6 Å². The van der Waals surface area contributed by atoms with Crippen molar-refractivity contribution in [3.63, 3.8) is 0 Å². The van der Waals surface area contributed by atoms with Gasteiger partial charge in [0.1, 0.15) is 11.6 Å². The van der Waals surface area contributed by atoms with Crippen LogP contribution in [0.25, 0.3) is 0 Å². The molecule has 0 spiro atoms. The van der Waals surface area contributed by atoms with E-state index in [1.54, 1.807) is 0 Å². The van der Waals surface area contributed by atoms with E-state index in [2.05, 4.69) is 30.1 Å². The van der Waals surface area contributed by atoms with Gasteiger partial charge in [0.05, 0.1) is 6.61 Å². The molecule has 0 atom stereocenters. The summed E-state index contributed by atoms with van der Waals surface area (Å²) < 4.78 is 18.4. The van der Waals surface area contributed by atoms with Gasteiger partial charge in [-0.1, -0.05) is 24.3 Å². The minimum atomic E-state index is -0.185. The Bertz CT molecular complexity index is 594. The van der Waals surface area contributed by atoms with Crippen LogP contribution in [0.3, 0.4) is 0 Å². The van der Waals surface area contributed by atoms with Gasteiger partial charge in [0.2, 0.25) is 0 Å². The average molecular weight is 271 g/mol. The van der Waals surface area contributed by atoms with Gasteiger partial charge >= 0.3 is 0 Å². The Morgan fingerprint density at radius 3 is 2.55 bits per heavy atom. The fourth-order valence-electron chi connectivity index (χ4n) is 2.61. The largest absolute Gasteiger partial charge is 0.493 e. The molecule has 20 heavy (non-hydrogen) atoms. The first-order valence-electron chi connectivity index (χ1n) is 6.88. The number of nitrogens with zero attached hydrogens (tertiary/aromatic N) is 1. The Hall–Kier alpha value is -1.87. The molecule has 0 radical (unpaired) electrons. The summed E-state index contributed by atoms with van der Waals surface area (Å²) in [5.41, 5.74) is 3.72. The number of hydrogen-bond donors (Lipinski definition) is 0. The van der Waals surface area contributed by atoms with E-state index in [1.165, 1.54) is 23.3 Å². The number of ether oxygens (including phenoxy) is 1. The second kappa shape index (κ2) is 5.63. The maximum absolute atomic E-state index is 12.9. The molecule has 0 saturated heterocycles. The third-order valence-corrected chi connectivity index (χ3v) is 3.57. The van der Waals surface area contributed by atoms with Gasteiger partial charge < -0.3 is 4.74 Å². The third-order valence-electron chi connectivity index (χ3n) is 3.57. The van der Waals surface area contributed by atoms with E-state index in [9.17, 15) is 4.39 Å². The van der Waals surface area contributed by atoms with Crippen molar-refractivity contribution in [1.82, 2.24) is 4.90 Å². The number of benzene rings is 2. The fraction of sp³-hybridized carbons (Fsp3) is 0.294. The summed E-state index contributed by atoms with van der Waals surface area (Å²) in [6, 6.07) is 13.1. The zero-order chi connectivity index (χ0) is 13.9. The number of rotatable bonds is 4. The summed E-state index contributed by atoms with van der Waals surface area (Å²) in [6.45, 7) is 2.49. The highest BCUT2D eigenvalue weighted by molar-refractivity contribution is 5.39. The summed E-state index contributed by atoms with van der Waals surface area (Å²) in [7, 11) is 2.08. The van der Waals surface area contributed by atoms with E-state index in [4.69, 9.17) is 4.74 Å². The Kier molecular flexibility index (Phi) is 3.70. The van der Waals surface area contributed by atoms with Crippen LogP contribution >= 0.6 is 0 Å². The lowest BCUT2D eigenvalue weighted by Crippen LogP contribution is -2.17. The lowest BCUT2D eigenvalue weighted by Gasteiger charge is -2.17. The molecular weight excluding hydrogens is 253 g/mol. The smallest absolute Gasteiger partial charge is 0.123 e. The Balaban J connectivity index is 1.63. The third kappa shape index (κ3) is 2.99. The van der Waals surface area contributed by atoms with Gasteiger partial charge in [0.15, 0.2) is 0 Å². The maximum Gasteiger partial charge on any atom is 0.123 e. The van der Waals surface area contributed by atoms with Crippen LogP contribution in [0.15, 0.2) is 42.5 Å². The number of halogens is 1. The summed E-state index contributed by atoms with van der Waals surface area (Å²) in [5.74, 6) is 0.838. The van der Waals surface area contributed by atoms with Crippen LogP contribution in [-0.2, 0) is 19.5 Å². The standard InChI is InChI=1S/C17H18FNO/c1-19(11-13-2-5-16(18)6-3-13)12-14-4-7-17-15(10-14)8-9-20-17/h2-7,10H,8-9,11-12H2,1H3. The molecule has 2 aromatic carbocycles. The SMILES string of the molecule is CN(Cc1ccc(F)cc1)Cc1ccc2c(c1)CCO2. The molecule has 0 saturated carbocycles. The topological polar surface area (TPSA) is 12.5 Å². The van der Waals surface area contributed by atoms with Crippen molar-refractivity contribution in [3.8, 4) is 5.75 Å². The molecule has 0 aliphatic carbocycles. The molecule has 1 aliphatic rings. The average Bonchev–Trinajstić information content (AvgIpc) is 2.89. The molecule has 0 bridgehead atoms. The van der Waals surface area contributed by atoms with Gasteiger partial charge in [-0.2, -0.15) is 0 Å². The van der Waals surface area contributed by atoms with Crippen molar-refractivity contribution in [1.29, 1.82) is 0 Å². The van der Waals surface area contributed by atoms with E-state index in [0.717, 1.165) is 37.4 Å². The normalized spacial score (nSPS) is 13.3. The Morgan fingerprint density at radius 1 is 1.05 bits per heavy atom. The minimum Gasteiger partial charge on any atom is -0.493 e. The van der Waals surface area contributed by atoms with Crippen molar-refractivity contribution in [2.75, 3.05) is 13.7 Å². The second-order valence-corrected chi connectivity index (χ2v) is 5.34. The molecular formula is C17H18FNO. The molecule has 1 heterocycles. The highest BCUT2D eigenvalue weighted by Crippen LogP contribution is 2.26. The summed E-state index contributed by atoms with van der Waals surface area (Å²) >= 11 is 0. The van der Waals surface area contributed by atoms with Crippen molar-refractivity contribution in [3.05, 3.63) is 65.0 Å². The molecule has 2 nitrogen and oxygen atoms in total. The van der Waals surface area contributed by atoms with Crippen LogP contribution in [0, 0.1) is 5.82 Å². The van der Waals surface area contributed by atoms with E-state index in [-0.39, 0.29) is 5.82 Å². The van der Waals surface area contributed by atoms with Gasteiger partial charge in [-0.05, 0) is 41.9 Å². The van der Waals surface area contributed by atoms with E-state index in [0.29, 0.717) is 0 Å². The highest BCUT2D eigenvalue weighted by atomic mass is 19.1. The zero-order valence-electron chi connectivity index (χ0n) is 11.6. The first-order valence-corrected chi connectivity index (χ1v) is 6.88. The molecule has 0 fully saturated rings. The number of hydrogen-bond acceptors (Lipinski definition) is 2. The van der Waals surface area contributed by atoms with Crippen LogP contribution in [0.4, 0.5) is 4.39 Å². The van der Waals surface area contributed by atoms with Crippen molar-refractivity contribution < 1.29 is 9.13 Å². The number of fused-ring (bicyclic) bond motifs is 1. The van der Waals surface area contributed by atoms with E-state index < -0.39 is 0 Å². The Morgan fingerprint density at radius 2 is 1.75 bits per heavy atom. The summed E-state index contributed by atoms with van der Waals surface area (Å²) in [4.78, 5) is 2.23. The van der Waals surface area contributed by atoms with Gasteiger partial charge in [-0.15, -0.1) is 0 Å². The monoisotopic (exact) mass is 271 g/mol. The van der Waals surface area contributed by atoms with Gasteiger partial charge in [0, 0.05) is 19.5 Å². The molecule has 3 rings (SSSR count). The first kappa shape index (κ1) is 13.1. The molecule has 1 aliphatic heterocycles. The molecule has 2 aromatic rings. The summed E-state index contributed by atoms with van der Waals surface area (Å²) in [5, 5.41) is 0. The molecule has 0 N–H and O–H groups in total. The van der Waals surface area contributed by atoms with Gasteiger partial charge in [-0.3, -0.25) is 4.90 Å². The fourth-order valence-corrected chi connectivity index (χ4v) is 2.61.